The molecule has 0 amide bonds. The summed E-state index contributed by atoms with van der Waals surface area (Å²) in [5.74, 6) is -0.128. The highest BCUT2D eigenvalue weighted by Gasteiger charge is 2.51. The molecular formula is C17H23BN2O5S. The van der Waals surface area contributed by atoms with Crippen molar-refractivity contribution in [3.63, 3.8) is 0 Å². The molecule has 2 heterocycles. The first-order valence-corrected chi connectivity index (χ1v) is 10.5. The Balaban J connectivity index is 1.93. The van der Waals surface area contributed by atoms with Crippen LogP contribution in [0.15, 0.2) is 29.2 Å². The van der Waals surface area contributed by atoms with Crippen LogP contribution in [0.4, 0.5) is 0 Å². The second kappa shape index (κ2) is 6.18. The summed E-state index contributed by atoms with van der Waals surface area (Å²) in [5.41, 5.74) is -0.391. The van der Waals surface area contributed by atoms with Crippen molar-refractivity contribution >= 4 is 33.2 Å². The van der Waals surface area contributed by atoms with Gasteiger partial charge in [-0.2, -0.15) is 5.10 Å². The lowest BCUT2D eigenvalue weighted by Gasteiger charge is -2.32. The molecule has 0 atom stereocenters. The largest absolute Gasteiger partial charge is 0.494 e. The average Bonchev–Trinajstić information content (AvgIpc) is 2.73. The zero-order valence-electron chi connectivity index (χ0n) is 15.6. The van der Waals surface area contributed by atoms with E-state index in [0.29, 0.717) is 10.8 Å². The second-order valence-corrected chi connectivity index (χ2v) is 10.00. The van der Waals surface area contributed by atoms with Gasteiger partial charge in [-0.15, -0.1) is 0 Å². The topological polar surface area (TPSA) is 87.5 Å². The Morgan fingerprint density at radius 1 is 1.15 bits per heavy atom. The second-order valence-electron chi connectivity index (χ2n) is 7.74. The standard InChI is InChI=1S/C17H23BN2O5S/c1-16(2)17(3,4)25-18(24-16)13-6-7-14-12(10-13)11-19-20(15(14)21)8-9-26(5,22)23/h6-7,10-11H,8-9H2,1-5H3. The van der Waals surface area contributed by atoms with E-state index in [9.17, 15) is 13.2 Å². The lowest BCUT2D eigenvalue weighted by molar-refractivity contribution is 0.00578. The molecule has 0 aliphatic carbocycles. The summed E-state index contributed by atoms with van der Waals surface area (Å²) in [5, 5.41) is 5.24. The third-order valence-corrected chi connectivity index (χ3v) is 6.00. The van der Waals surface area contributed by atoms with Gasteiger partial charge in [0, 0.05) is 11.6 Å². The van der Waals surface area contributed by atoms with Crippen molar-refractivity contribution in [2.45, 2.75) is 45.4 Å². The Kier molecular flexibility index (Phi) is 4.53. The van der Waals surface area contributed by atoms with Crippen LogP contribution in [0.2, 0.25) is 0 Å². The highest BCUT2D eigenvalue weighted by molar-refractivity contribution is 7.90. The highest BCUT2D eigenvalue weighted by atomic mass is 32.2. The molecule has 1 aromatic heterocycles. The van der Waals surface area contributed by atoms with Crippen LogP contribution in [0.5, 0.6) is 0 Å². The minimum atomic E-state index is -3.17. The monoisotopic (exact) mass is 378 g/mol. The first-order valence-electron chi connectivity index (χ1n) is 8.43. The van der Waals surface area contributed by atoms with Crippen LogP contribution in [-0.2, 0) is 25.7 Å². The molecule has 3 rings (SSSR count). The Morgan fingerprint density at radius 2 is 1.77 bits per heavy atom. The summed E-state index contributed by atoms with van der Waals surface area (Å²) >= 11 is 0. The number of rotatable bonds is 4. The van der Waals surface area contributed by atoms with Gasteiger partial charge >= 0.3 is 7.12 Å². The molecule has 1 aliphatic rings. The lowest BCUT2D eigenvalue weighted by Crippen LogP contribution is -2.41. The van der Waals surface area contributed by atoms with Crippen molar-refractivity contribution in [1.29, 1.82) is 0 Å². The number of fused-ring (bicyclic) bond motifs is 1. The van der Waals surface area contributed by atoms with E-state index >= 15 is 0 Å². The van der Waals surface area contributed by atoms with Gasteiger partial charge in [0.1, 0.15) is 9.84 Å². The van der Waals surface area contributed by atoms with Crippen LogP contribution in [0.25, 0.3) is 10.8 Å². The Morgan fingerprint density at radius 3 is 2.35 bits per heavy atom. The van der Waals surface area contributed by atoms with Gasteiger partial charge in [-0.1, -0.05) is 12.1 Å². The predicted octanol–water partition coefficient (Wildman–Crippen LogP) is 0.740. The van der Waals surface area contributed by atoms with Gasteiger partial charge in [0.2, 0.25) is 0 Å². The van der Waals surface area contributed by atoms with Crippen LogP contribution < -0.4 is 11.0 Å². The number of hydrogen-bond donors (Lipinski definition) is 0. The summed E-state index contributed by atoms with van der Waals surface area (Å²) in [6.07, 6.45) is 2.70. The molecule has 1 fully saturated rings. The number of benzene rings is 1. The number of aromatic nitrogens is 2. The van der Waals surface area contributed by atoms with E-state index < -0.39 is 28.2 Å². The summed E-state index contributed by atoms with van der Waals surface area (Å²) < 4.78 is 35.9. The van der Waals surface area contributed by atoms with Gasteiger partial charge in [-0.3, -0.25) is 4.79 Å². The minimum Gasteiger partial charge on any atom is -0.399 e. The molecule has 1 aromatic carbocycles. The maximum absolute atomic E-state index is 12.5. The van der Waals surface area contributed by atoms with Crippen molar-refractivity contribution in [3.8, 4) is 0 Å². The van der Waals surface area contributed by atoms with E-state index in [2.05, 4.69) is 5.10 Å². The number of sulfone groups is 1. The van der Waals surface area contributed by atoms with Crippen molar-refractivity contribution in [1.82, 2.24) is 9.78 Å². The fourth-order valence-electron chi connectivity index (χ4n) is 2.74. The maximum Gasteiger partial charge on any atom is 0.494 e. The summed E-state index contributed by atoms with van der Waals surface area (Å²) in [6, 6.07) is 5.33. The Bertz CT molecular complexity index is 997. The Labute approximate surface area is 153 Å². The average molecular weight is 378 g/mol. The molecule has 2 aromatic rings. The van der Waals surface area contributed by atoms with E-state index in [4.69, 9.17) is 9.31 Å². The van der Waals surface area contributed by atoms with Crippen LogP contribution in [-0.4, -0.2) is 48.5 Å². The summed E-state index contributed by atoms with van der Waals surface area (Å²) in [6.45, 7) is 7.96. The maximum atomic E-state index is 12.5. The molecule has 0 bridgehead atoms. The molecule has 26 heavy (non-hydrogen) atoms. The molecule has 0 N–H and O–H groups in total. The van der Waals surface area contributed by atoms with Crippen LogP contribution in [0.1, 0.15) is 27.7 Å². The molecule has 9 heteroatoms. The number of aryl methyl sites for hydroxylation is 1. The third-order valence-electron chi connectivity index (χ3n) is 5.08. The van der Waals surface area contributed by atoms with Crippen LogP contribution in [0.3, 0.4) is 0 Å². The van der Waals surface area contributed by atoms with Gasteiger partial charge < -0.3 is 9.31 Å². The van der Waals surface area contributed by atoms with E-state index in [1.165, 1.54) is 4.68 Å². The summed E-state index contributed by atoms with van der Waals surface area (Å²) in [4.78, 5) is 12.5. The van der Waals surface area contributed by atoms with Crippen LogP contribution >= 0.6 is 0 Å². The van der Waals surface area contributed by atoms with Crippen molar-refractivity contribution in [2.75, 3.05) is 12.0 Å². The lowest BCUT2D eigenvalue weighted by atomic mass is 9.78. The molecule has 0 radical (unpaired) electrons. The van der Waals surface area contributed by atoms with E-state index in [1.807, 2.05) is 33.8 Å². The molecule has 7 nitrogen and oxygen atoms in total. The fraction of sp³-hybridized carbons (Fsp3) is 0.529. The third kappa shape index (κ3) is 3.56. The van der Waals surface area contributed by atoms with Gasteiger partial charge in [-0.05, 0) is 39.2 Å². The summed E-state index contributed by atoms with van der Waals surface area (Å²) in [7, 11) is -3.68. The molecule has 0 saturated carbocycles. The quantitative estimate of drug-likeness (QED) is 0.730. The minimum absolute atomic E-state index is 0.0343. The van der Waals surface area contributed by atoms with Gasteiger partial charge in [0.05, 0.1) is 35.1 Å². The smallest absolute Gasteiger partial charge is 0.399 e. The molecule has 0 unspecified atom stereocenters. The van der Waals surface area contributed by atoms with E-state index in [1.54, 1.807) is 18.3 Å². The SMILES string of the molecule is CC1(C)OB(c2ccc3c(=O)n(CCS(C)(=O)=O)ncc3c2)OC1(C)C. The first kappa shape index (κ1) is 19.1. The molecule has 0 spiro atoms. The number of nitrogens with zero attached hydrogens (tertiary/aromatic N) is 2. The van der Waals surface area contributed by atoms with Crippen molar-refractivity contribution in [3.05, 3.63) is 34.7 Å². The zero-order valence-corrected chi connectivity index (χ0v) is 16.5. The predicted molar refractivity (Wildman–Crippen MR) is 101 cm³/mol. The number of hydrogen-bond acceptors (Lipinski definition) is 6. The van der Waals surface area contributed by atoms with Crippen molar-refractivity contribution in [2.24, 2.45) is 0 Å². The molecule has 140 valence electrons. The Hall–Kier alpha value is -1.71. The van der Waals surface area contributed by atoms with Crippen LogP contribution in [0, 0.1) is 0 Å². The van der Waals surface area contributed by atoms with E-state index in [-0.39, 0.29) is 17.9 Å². The zero-order chi connectivity index (χ0) is 19.3. The first-order chi connectivity index (χ1) is 11.9. The normalized spacial score (nSPS) is 19.2. The molecular weight excluding hydrogens is 355 g/mol. The van der Waals surface area contributed by atoms with Gasteiger partial charge in [0.15, 0.2) is 0 Å². The molecule has 1 saturated heterocycles. The van der Waals surface area contributed by atoms with Crippen molar-refractivity contribution < 1.29 is 17.7 Å². The molecule has 1 aliphatic heterocycles. The fourth-order valence-corrected chi connectivity index (χ4v) is 3.25. The highest BCUT2D eigenvalue weighted by Crippen LogP contribution is 2.36. The van der Waals surface area contributed by atoms with Gasteiger partial charge in [-0.25, -0.2) is 13.1 Å². The van der Waals surface area contributed by atoms with E-state index in [0.717, 1.165) is 11.7 Å². The van der Waals surface area contributed by atoms with Gasteiger partial charge in [0.25, 0.3) is 5.56 Å².